The third kappa shape index (κ3) is 2.63. The van der Waals surface area contributed by atoms with Crippen molar-refractivity contribution < 1.29 is 9.53 Å². The molecule has 0 spiro atoms. The van der Waals surface area contributed by atoms with E-state index in [1.165, 1.54) is 0 Å². The summed E-state index contributed by atoms with van der Waals surface area (Å²) in [6.45, 7) is 9.39. The molecule has 0 aromatic rings. The molecule has 5 heteroatoms. The van der Waals surface area contributed by atoms with E-state index in [9.17, 15) is 4.79 Å². The van der Waals surface area contributed by atoms with Crippen LogP contribution >= 0.6 is 12.2 Å². The van der Waals surface area contributed by atoms with Gasteiger partial charge in [-0.15, -0.1) is 0 Å². The first-order chi connectivity index (χ1) is 8.66. The predicted octanol–water partition coefficient (Wildman–Crippen LogP) is 1.71. The molecule has 0 bridgehead atoms. The molecule has 1 aliphatic heterocycles. The number of thiocarbonyl (C=S) groups is 1. The standard InChI is InChI=1S/C14H24N2O2S/c1-9-5-14(6-9,11(15)19)12(17)16-7-10(2)18-13(3,4)8-16/h9-10H,5-8H2,1-4H3,(H2,15,19). The zero-order valence-corrected chi connectivity index (χ0v) is 13.0. The SMILES string of the molecule is CC1CC(C(=O)N2CC(C)OC(C)(C)C2)(C(N)=S)C1. The maximum absolute atomic E-state index is 12.8. The van der Waals surface area contributed by atoms with Gasteiger partial charge in [0, 0.05) is 13.1 Å². The van der Waals surface area contributed by atoms with Crippen LogP contribution < -0.4 is 5.73 Å². The minimum Gasteiger partial charge on any atom is -0.392 e. The summed E-state index contributed by atoms with van der Waals surface area (Å²) in [6.07, 6.45) is 1.62. The van der Waals surface area contributed by atoms with Crippen LogP contribution in [0.2, 0.25) is 0 Å². The van der Waals surface area contributed by atoms with Gasteiger partial charge in [-0.2, -0.15) is 0 Å². The van der Waals surface area contributed by atoms with Gasteiger partial charge < -0.3 is 15.4 Å². The van der Waals surface area contributed by atoms with Gasteiger partial charge in [-0.25, -0.2) is 0 Å². The monoisotopic (exact) mass is 284 g/mol. The fraction of sp³-hybridized carbons (Fsp3) is 0.857. The first-order valence-corrected chi connectivity index (χ1v) is 7.34. The topological polar surface area (TPSA) is 55.6 Å². The third-order valence-corrected chi connectivity index (χ3v) is 4.52. The first-order valence-electron chi connectivity index (χ1n) is 6.93. The molecule has 0 radical (unpaired) electrons. The van der Waals surface area contributed by atoms with Crippen molar-refractivity contribution >= 4 is 23.1 Å². The Bertz CT molecular complexity index is 402. The smallest absolute Gasteiger partial charge is 0.235 e. The lowest BCUT2D eigenvalue weighted by molar-refractivity contribution is -0.168. The van der Waals surface area contributed by atoms with Crippen molar-refractivity contribution in [2.75, 3.05) is 13.1 Å². The molecule has 1 unspecified atom stereocenters. The third-order valence-electron chi connectivity index (χ3n) is 4.13. The zero-order valence-electron chi connectivity index (χ0n) is 12.2. The highest BCUT2D eigenvalue weighted by Gasteiger charge is 2.53. The van der Waals surface area contributed by atoms with Gasteiger partial charge in [-0.3, -0.25) is 4.79 Å². The molecule has 2 rings (SSSR count). The lowest BCUT2D eigenvalue weighted by Crippen LogP contribution is -2.62. The van der Waals surface area contributed by atoms with Crippen LogP contribution in [0.4, 0.5) is 0 Å². The van der Waals surface area contributed by atoms with E-state index in [-0.39, 0.29) is 17.6 Å². The Morgan fingerprint density at radius 2 is 1.95 bits per heavy atom. The molecule has 1 atom stereocenters. The predicted molar refractivity (Wildman–Crippen MR) is 78.8 cm³/mol. The number of amides is 1. The van der Waals surface area contributed by atoms with Gasteiger partial charge in [0.1, 0.15) is 0 Å². The Morgan fingerprint density at radius 3 is 2.37 bits per heavy atom. The molecule has 1 aliphatic carbocycles. The number of morpholine rings is 1. The van der Waals surface area contributed by atoms with Crippen molar-refractivity contribution in [3.05, 3.63) is 0 Å². The molecule has 19 heavy (non-hydrogen) atoms. The fourth-order valence-electron chi connectivity index (χ4n) is 3.52. The normalized spacial score (nSPS) is 37.6. The van der Waals surface area contributed by atoms with Crippen LogP contribution in [0, 0.1) is 11.3 Å². The fourth-order valence-corrected chi connectivity index (χ4v) is 3.78. The second-order valence-corrected chi connectivity index (χ2v) is 7.27. The quantitative estimate of drug-likeness (QED) is 0.784. The lowest BCUT2D eigenvalue weighted by Gasteiger charge is -2.50. The number of hydrogen-bond acceptors (Lipinski definition) is 3. The summed E-state index contributed by atoms with van der Waals surface area (Å²) in [5, 5.41) is 0. The van der Waals surface area contributed by atoms with Crippen LogP contribution in [0.1, 0.15) is 40.5 Å². The van der Waals surface area contributed by atoms with E-state index in [1.807, 2.05) is 25.7 Å². The number of ether oxygens (including phenoxy) is 1. The van der Waals surface area contributed by atoms with Gasteiger partial charge in [-0.05, 0) is 39.5 Å². The molecule has 1 amide bonds. The van der Waals surface area contributed by atoms with Crippen molar-refractivity contribution in [3.8, 4) is 0 Å². The maximum atomic E-state index is 12.8. The van der Waals surface area contributed by atoms with Crippen molar-refractivity contribution in [3.63, 3.8) is 0 Å². The average molecular weight is 284 g/mol. The van der Waals surface area contributed by atoms with Crippen LogP contribution in [0.25, 0.3) is 0 Å². The Balaban J connectivity index is 2.17. The molecule has 2 aliphatic rings. The van der Waals surface area contributed by atoms with Crippen LogP contribution in [0.15, 0.2) is 0 Å². The molecule has 1 saturated heterocycles. The van der Waals surface area contributed by atoms with E-state index in [0.717, 1.165) is 12.8 Å². The van der Waals surface area contributed by atoms with Crippen molar-refractivity contribution in [2.45, 2.75) is 52.2 Å². The summed E-state index contributed by atoms with van der Waals surface area (Å²) < 4.78 is 5.84. The Kier molecular flexibility index (Phi) is 3.64. The number of carbonyl (C=O) groups excluding carboxylic acids is 1. The Labute approximate surface area is 120 Å². The highest BCUT2D eigenvalue weighted by Crippen LogP contribution is 2.47. The summed E-state index contributed by atoms with van der Waals surface area (Å²) in [5.41, 5.74) is 4.96. The van der Waals surface area contributed by atoms with Gasteiger partial charge in [-0.1, -0.05) is 19.1 Å². The minimum absolute atomic E-state index is 0.0496. The van der Waals surface area contributed by atoms with Crippen molar-refractivity contribution in [1.29, 1.82) is 0 Å². The van der Waals surface area contributed by atoms with Crippen LogP contribution in [0.3, 0.4) is 0 Å². The summed E-state index contributed by atoms with van der Waals surface area (Å²) in [5.74, 6) is 0.623. The van der Waals surface area contributed by atoms with Gasteiger partial charge in [0.05, 0.1) is 22.1 Å². The number of nitrogens with zero attached hydrogens (tertiary/aromatic N) is 1. The van der Waals surface area contributed by atoms with Gasteiger partial charge >= 0.3 is 0 Å². The molecular weight excluding hydrogens is 260 g/mol. The highest BCUT2D eigenvalue weighted by molar-refractivity contribution is 7.80. The van der Waals surface area contributed by atoms with Crippen LogP contribution in [-0.4, -0.2) is 40.6 Å². The second kappa shape index (κ2) is 4.70. The van der Waals surface area contributed by atoms with Crippen molar-refractivity contribution in [1.82, 2.24) is 4.90 Å². The van der Waals surface area contributed by atoms with E-state index in [0.29, 0.717) is 24.0 Å². The average Bonchev–Trinajstić information content (AvgIpc) is 2.20. The zero-order chi connectivity index (χ0) is 14.4. The lowest BCUT2D eigenvalue weighted by atomic mass is 9.61. The molecular formula is C14H24N2O2S. The molecule has 108 valence electrons. The summed E-state index contributed by atoms with van der Waals surface area (Å²) >= 11 is 5.16. The molecule has 4 nitrogen and oxygen atoms in total. The van der Waals surface area contributed by atoms with E-state index in [2.05, 4.69) is 6.92 Å². The van der Waals surface area contributed by atoms with E-state index < -0.39 is 5.41 Å². The number of rotatable bonds is 2. The summed E-state index contributed by atoms with van der Waals surface area (Å²) in [4.78, 5) is 15.1. The van der Waals surface area contributed by atoms with E-state index in [4.69, 9.17) is 22.7 Å². The van der Waals surface area contributed by atoms with E-state index >= 15 is 0 Å². The van der Waals surface area contributed by atoms with Crippen LogP contribution in [0.5, 0.6) is 0 Å². The molecule has 2 fully saturated rings. The van der Waals surface area contributed by atoms with Crippen molar-refractivity contribution in [2.24, 2.45) is 17.1 Å². The van der Waals surface area contributed by atoms with Gasteiger partial charge in [0.15, 0.2) is 0 Å². The van der Waals surface area contributed by atoms with Gasteiger partial charge in [0.25, 0.3) is 0 Å². The second-order valence-electron chi connectivity index (χ2n) is 6.83. The largest absolute Gasteiger partial charge is 0.392 e. The molecule has 2 N–H and O–H groups in total. The molecule has 1 saturated carbocycles. The first kappa shape index (κ1) is 14.7. The number of carbonyl (C=O) groups is 1. The Morgan fingerprint density at radius 1 is 1.37 bits per heavy atom. The Hall–Kier alpha value is -0.680. The van der Waals surface area contributed by atoms with Crippen LogP contribution in [-0.2, 0) is 9.53 Å². The maximum Gasteiger partial charge on any atom is 0.235 e. The molecule has 0 aromatic heterocycles. The molecule has 1 heterocycles. The highest BCUT2D eigenvalue weighted by atomic mass is 32.1. The number of hydrogen-bond donors (Lipinski definition) is 1. The summed E-state index contributed by atoms with van der Waals surface area (Å²) in [6, 6.07) is 0. The van der Waals surface area contributed by atoms with Gasteiger partial charge in [0.2, 0.25) is 5.91 Å². The summed E-state index contributed by atoms with van der Waals surface area (Å²) in [7, 11) is 0. The number of nitrogens with two attached hydrogens (primary N) is 1. The van der Waals surface area contributed by atoms with E-state index in [1.54, 1.807) is 0 Å². The minimum atomic E-state index is -0.595. The molecule has 0 aromatic carbocycles.